The Labute approximate surface area is 115 Å². The molecule has 3 heteroatoms. The highest BCUT2D eigenvalue weighted by Crippen LogP contribution is 2.20. The Kier molecular flexibility index (Phi) is 5.01. The Morgan fingerprint density at radius 1 is 1.11 bits per heavy atom. The molecule has 0 radical (unpaired) electrons. The summed E-state index contributed by atoms with van der Waals surface area (Å²) in [6, 6.07) is 9.99. The van der Waals surface area contributed by atoms with Crippen LogP contribution in [0, 0.1) is 0 Å². The van der Waals surface area contributed by atoms with Gasteiger partial charge in [-0.2, -0.15) is 5.10 Å². The average Bonchev–Trinajstić information content (AvgIpc) is 2.87. The maximum atomic E-state index is 5.79. The van der Waals surface area contributed by atoms with Crippen molar-refractivity contribution in [1.29, 1.82) is 0 Å². The van der Waals surface area contributed by atoms with Crippen molar-refractivity contribution in [3.8, 4) is 11.3 Å². The number of nitrogens with one attached hydrogen (secondary N) is 1. The number of nitrogen functional groups attached to an aromatic ring is 1. The fourth-order valence-corrected chi connectivity index (χ4v) is 2.25. The highest BCUT2D eigenvalue weighted by atomic mass is 15.1. The van der Waals surface area contributed by atoms with Gasteiger partial charge in [-0.05, 0) is 31.0 Å². The fourth-order valence-electron chi connectivity index (χ4n) is 2.25. The normalized spacial score (nSPS) is 10.8. The van der Waals surface area contributed by atoms with E-state index in [4.69, 9.17) is 5.73 Å². The lowest BCUT2D eigenvalue weighted by Gasteiger charge is -1.98. The number of aromatic nitrogens is 2. The number of aromatic amines is 1. The SMILES string of the molecule is CCCCCCCc1cc(-c2cccc(N)c2)n[nH]1. The van der Waals surface area contributed by atoms with Crippen molar-refractivity contribution in [2.24, 2.45) is 0 Å². The molecule has 0 amide bonds. The smallest absolute Gasteiger partial charge is 0.0924 e. The van der Waals surface area contributed by atoms with Gasteiger partial charge in [-0.25, -0.2) is 0 Å². The Hall–Kier alpha value is -1.77. The predicted octanol–water partition coefficient (Wildman–Crippen LogP) is 4.17. The van der Waals surface area contributed by atoms with Crippen LogP contribution in [-0.2, 0) is 6.42 Å². The second kappa shape index (κ2) is 6.98. The number of nitrogens with zero attached hydrogens (tertiary/aromatic N) is 1. The van der Waals surface area contributed by atoms with E-state index in [9.17, 15) is 0 Å². The molecular weight excluding hydrogens is 234 g/mol. The molecule has 0 fully saturated rings. The summed E-state index contributed by atoms with van der Waals surface area (Å²) in [5, 5.41) is 7.49. The second-order valence-electron chi connectivity index (χ2n) is 5.07. The van der Waals surface area contributed by atoms with Gasteiger partial charge in [-0.1, -0.05) is 44.7 Å². The van der Waals surface area contributed by atoms with Crippen LogP contribution in [0.25, 0.3) is 11.3 Å². The zero-order valence-electron chi connectivity index (χ0n) is 11.7. The number of hydrogen-bond acceptors (Lipinski definition) is 2. The van der Waals surface area contributed by atoms with Gasteiger partial charge < -0.3 is 5.73 Å². The van der Waals surface area contributed by atoms with E-state index in [1.807, 2.05) is 24.3 Å². The van der Waals surface area contributed by atoms with E-state index >= 15 is 0 Å². The van der Waals surface area contributed by atoms with Crippen molar-refractivity contribution in [1.82, 2.24) is 10.2 Å². The van der Waals surface area contributed by atoms with Gasteiger partial charge in [-0.3, -0.25) is 5.10 Å². The van der Waals surface area contributed by atoms with Crippen molar-refractivity contribution in [3.63, 3.8) is 0 Å². The van der Waals surface area contributed by atoms with Crippen LogP contribution in [0.2, 0.25) is 0 Å². The molecule has 0 unspecified atom stereocenters. The van der Waals surface area contributed by atoms with E-state index in [-0.39, 0.29) is 0 Å². The zero-order chi connectivity index (χ0) is 13.5. The third-order valence-electron chi connectivity index (χ3n) is 3.36. The maximum absolute atomic E-state index is 5.79. The minimum Gasteiger partial charge on any atom is -0.399 e. The van der Waals surface area contributed by atoms with Crippen LogP contribution >= 0.6 is 0 Å². The molecule has 0 aliphatic rings. The lowest BCUT2D eigenvalue weighted by atomic mass is 10.1. The molecule has 1 aromatic carbocycles. The van der Waals surface area contributed by atoms with E-state index in [0.717, 1.165) is 23.4 Å². The molecular formula is C16H23N3. The lowest BCUT2D eigenvalue weighted by Crippen LogP contribution is -1.86. The first kappa shape index (κ1) is 13.7. The molecule has 3 N–H and O–H groups in total. The third kappa shape index (κ3) is 4.12. The Morgan fingerprint density at radius 3 is 2.74 bits per heavy atom. The maximum Gasteiger partial charge on any atom is 0.0924 e. The Balaban J connectivity index is 1.88. The highest BCUT2D eigenvalue weighted by Gasteiger charge is 2.04. The minimum absolute atomic E-state index is 0.779. The monoisotopic (exact) mass is 257 g/mol. The van der Waals surface area contributed by atoms with Gasteiger partial charge in [0.05, 0.1) is 5.69 Å². The molecule has 102 valence electrons. The Morgan fingerprint density at radius 2 is 1.95 bits per heavy atom. The molecule has 2 aromatic rings. The van der Waals surface area contributed by atoms with Gasteiger partial charge >= 0.3 is 0 Å². The van der Waals surface area contributed by atoms with Crippen LogP contribution < -0.4 is 5.73 Å². The van der Waals surface area contributed by atoms with E-state index in [2.05, 4.69) is 23.2 Å². The molecule has 0 aliphatic heterocycles. The van der Waals surface area contributed by atoms with E-state index in [1.165, 1.54) is 37.8 Å². The lowest BCUT2D eigenvalue weighted by molar-refractivity contribution is 0.627. The minimum atomic E-state index is 0.779. The van der Waals surface area contributed by atoms with E-state index in [0.29, 0.717) is 0 Å². The average molecular weight is 257 g/mol. The summed E-state index contributed by atoms with van der Waals surface area (Å²) < 4.78 is 0. The fraction of sp³-hybridized carbons (Fsp3) is 0.438. The van der Waals surface area contributed by atoms with Gasteiger partial charge in [0.1, 0.15) is 0 Å². The number of unbranched alkanes of at least 4 members (excludes halogenated alkanes) is 4. The highest BCUT2D eigenvalue weighted by molar-refractivity contribution is 5.63. The molecule has 0 saturated heterocycles. The quantitative estimate of drug-likeness (QED) is 0.577. The predicted molar refractivity (Wildman–Crippen MR) is 80.9 cm³/mol. The van der Waals surface area contributed by atoms with E-state index in [1.54, 1.807) is 0 Å². The molecule has 0 atom stereocenters. The van der Waals surface area contributed by atoms with Gasteiger partial charge in [0.15, 0.2) is 0 Å². The first-order valence-corrected chi connectivity index (χ1v) is 7.20. The summed E-state index contributed by atoms with van der Waals surface area (Å²) in [6.45, 7) is 2.24. The van der Waals surface area contributed by atoms with Crippen molar-refractivity contribution in [2.75, 3.05) is 5.73 Å². The number of anilines is 1. The standard InChI is InChI=1S/C16H23N3/c1-2-3-4-5-6-10-15-12-16(19-18-15)13-8-7-9-14(17)11-13/h7-9,11-12H,2-6,10,17H2,1H3,(H,18,19). The molecule has 3 nitrogen and oxygen atoms in total. The zero-order valence-corrected chi connectivity index (χ0v) is 11.7. The molecule has 0 aliphatic carbocycles. The molecule has 0 bridgehead atoms. The van der Waals surface area contributed by atoms with Gasteiger partial charge in [0.25, 0.3) is 0 Å². The summed E-state index contributed by atoms with van der Waals surface area (Å²) in [5.41, 5.74) is 9.85. The summed E-state index contributed by atoms with van der Waals surface area (Å²) >= 11 is 0. The first-order chi connectivity index (χ1) is 9.29. The van der Waals surface area contributed by atoms with Gasteiger partial charge in [0.2, 0.25) is 0 Å². The van der Waals surface area contributed by atoms with Crippen molar-refractivity contribution in [2.45, 2.75) is 45.4 Å². The molecule has 0 saturated carbocycles. The summed E-state index contributed by atoms with van der Waals surface area (Å²) in [7, 11) is 0. The van der Waals surface area contributed by atoms with Crippen LogP contribution in [-0.4, -0.2) is 10.2 Å². The number of benzene rings is 1. The summed E-state index contributed by atoms with van der Waals surface area (Å²) in [4.78, 5) is 0. The third-order valence-corrected chi connectivity index (χ3v) is 3.36. The second-order valence-corrected chi connectivity index (χ2v) is 5.07. The van der Waals surface area contributed by atoms with Crippen LogP contribution in [0.5, 0.6) is 0 Å². The van der Waals surface area contributed by atoms with Crippen molar-refractivity contribution >= 4 is 5.69 Å². The number of aryl methyl sites for hydroxylation is 1. The van der Waals surface area contributed by atoms with Crippen LogP contribution in [0.4, 0.5) is 5.69 Å². The van der Waals surface area contributed by atoms with Crippen LogP contribution in [0.3, 0.4) is 0 Å². The van der Waals surface area contributed by atoms with Crippen LogP contribution in [0.15, 0.2) is 30.3 Å². The van der Waals surface area contributed by atoms with Gasteiger partial charge in [-0.15, -0.1) is 0 Å². The van der Waals surface area contributed by atoms with Crippen molar-refractivity contribution in [3.05, 3.63) is 36.0 Å². The number of rotatable bonds is 7. The topological polar surface area (TPSA) is 54.7 Å². The number of hydrogen-bond donors (Lipinski definition) is 2. The largest absolute Gasteiger partial charge is 0.399 e. The Bertz CT molecular complexity index is 502. The molecule has 1 heterocycles. The van der Waals surface area contributed by atoms with Gasteiger partial charge in [0, 0.05) is 16.9 Å². The van der Waals surface area contributed by atoms with E-state index < -0.39 is 0 Å². The molecule has 1 aromatic heterocycles. The number of H-pyrrole nitrogens is 1. The molecule has 2 rings (SSSR count). The number of nitrogens with two attached hydrogens (primary N) is 1. The van der Waals surface area contributed by atoms with Crippen LogP contribution in [0.1, 0.15) is 44.7 Å². The molecule has 0 spiro atoms. The summed E-state index contributed by atoms with van der Waals surface area (Å²) in [5.74, 6) is 0. The summed E-state index contributed by atoms with van der Waals surface area (Å²) in [6.07, 6.45) is 7.60. The first-order valence-electron chi connectivity index (χ1n) is 7.20. The van der Waals surface area contributed by atoms with Crippen molar-refractivity contribution < 1.29 is 0 Å². The molecule has 19 heavy (non-hydrogen) atoms.